The molecule has 0 spiro atoms. The second-order valence-electron chi connectivity index (χ2n) is 4.88. The van der Waals surface area contributed by atoms with Gasteiger partial charge in [0.2, 0.25) is 5.78 Å². The molecular weight excluding hydrogens is 240 g/mol. The lowest BCUT2D eigenvalue weighted by Gasteiger charge is -2.18. The normalized spacial score (nSPS) is 19.6. The van der Waals surface area contributed by atoms with E-state index in [0.29, 0.717) is 12.8 Å². The van der Waals surface area contributed by atoms with Gasteiger partial charge in [0.25, 0.3) is 0 Å². The molecule has 1 unspecified atom stereocenters. The van der Waals surface area contributed by atoms with Gasteiger partial charge in [-0.1, -0.05) is 24.6 Å². The number of hydrogen-bond acceptors (Lipinski definition) is 4. The molecule has 4 heteroatoms. The van der Waals surface area contributed by atoms with Crippen LogP contribution in [-0.4, -0.2) is 21.5 Å². The van der Waals surface area contributed by atoms with E-state index in [2.05, 4.69) is 9.97 Å². The van der Waals surface area contributed by atoms with Gasteiger partial charge in [0.1, 0.15) is 5.78 Å². The Morgan fingerprint density at radius 2 is 2.05 bits per heavy atom. The maximum absolute atomic E-state index is 12.3. The molecule has 1 aliphatic carbocycles. The number of rotatable bonds is 2. The van der Waals surface area contributed by atoms with Gasteiger partial charge in [-0.2, -0.15) is 0 Å². The fourth-order valence-electron chi connectivity index (χ4n) is 2.51. The fraction of sp³-hybridized carbons (Fsp3) is 0.333. The Labute approximate surface area is 110 Å². The minimum atomic E-state index is -0.532. The average Bonchev–Trinajstić information content (AvgIpc) is 2.46. The molecule has 1 heterocycles. The van der Waals surface area contributed by atoms with E-state index in [1.165, 1.54) is 0 Å². The van der Waals surface area contributed by atoms with Gasteiger partial charge in [0.15, 0.2) is 5.82 Å². The van der Waals surface area contributed by atoms with E-state index in [0.717, 1.165) is 23.7 Å². The van der Waals surface area contributed by atoms with Crippen LogP contribution in [0.5, 0.6) is 0 Å². The van der Waals surface area contributed by atoms with Crippen LogP contribution in [0.15, 0.2) is 30.5 Å². The first-order valence-corrected chi connectivity index (χ1v) is 6.54. The van der Waals surface area contributed by atoms with Gasteiger partial charge in [0, 0.05) is 18.0 Å². The number of ketones is 2. The molecule has 3 rings (SSSR count). The zero-order valence-electron chi connectivity index (χ0n) is 10.5. The summed E-state index contributed by atoms with van der Waals surface area (Å²) in [4.78, 5) is 32.5. The third-order valence-electron chi connectivity index (χ3n) is 3.58. The number of fused-ring (bicyclic) bond motifs is 1. The Bertz CT molecular complexity index is 651. The SMILES string of the molecule is O=C1CCCCC1C(=O)c1ncc2ccccc2n1. The Balaban J connectivity index is 1.94. The molecule has 1 aliphatic rings. The molecule has 0 aliphatic heterocycles. The van der Waals surface area contributed by atoms with Crippen molar-refractivity contribution >= 4 is 22.5 Å². The van der Waals surface area contributed by atoms with Crippen LogP contribution in [0.4, 0.5) is 0 Å². The highest BCUT2D eigenvalue weighted by Crippen LogP contribution is 2.23. The van der Waals surface area contributed by atoms with Gasteiger partial charge in [-0.3, -0.25) is 9.59 Å². The van der Waals surface area contributed by atoms with Crippen LogP contribution >= 0.6 is 0 Å². The number of carbonyl (C=O) groups is 2. The maximum Gasteiger partial charge on any atom is 0.210 e. The Hall–Kier alpha value is -2.10. The molecule has 0 radical (unpaired) electrons. The van der Waals surface area contributed by atoms with Crippen LogP contribution in [-0.2, 0) is 4.79 Å². The van der Waals surface area contributed by atoms with Gasteiger partial charge in [-0.25, -0.2) is 9.97 Å². The maximum atomic E-state index is 12.3. The molecule has 0 N–H and O–H groups in total. The summed E-state index contributed by atoms with van der Waals surface area (Å²) in [7, 11) is 0. The van der Waals surface area contributed by atoms with E-state index in [4.69, 9.17) is 0 Å². The van der Waals surface area contributed by atoms with Gasteiger partial charge < -0.3 is 0 Å². The molecule has 1 atom stereocenters. The second-order valence-corrected chi connectivity index (χ2v) is 4.88. The first-order chi connectivity index (χ1) is 9.25. The third kappa shape index (κ3) is 2.26. The lowest BCUT2D eigenvalue weighted by molar-refractivity contribution is -0.122. The number of hydrogen-bond donors (Lipinski definition) is 0. The smallest absolute Gasteiger partial charge is 0.210 e. The number of nitrogens with zero attached hydrogens (tertiary/aromatic N) is 2. The molecule has 96 valence electrons. The average molecular weight is 254 g/mol. The lowest BCUT2D eigenvalue weighted by Crippen LogP contribution is -2.28. The summed E-state index contributed by atoms with van der Waals surface area (Å²) in [5, 5.41) is 0.897. The van der Waals surface area contributed by atoms with Crippen molar-refractivity contribution in [2.24, 2.45) is 5.92 Å². The number of benzene rings is 1. The zero-order valence-corrected chi connectivity index (χ0v) is 10.5. The van der Waals surface area contributed by atoms with Crippen molar-refractivity contribution in [2.75, 3.05) is 0 Å². The zero-order chi connectivity index (χ0) is 13.2. The van der Waals surface area contributed by atoms with Crippen molar-refractivity contribution in [2.45, 2.75) is 25.7 Å². The van der Waals surface area contributed by atoms with Crippen LogP contribution in [0.3, 0.4) is 0 Å². The minimum Gasteiger partial charge on any atom is -0.299 e. The van der Waals surface area contributed by atoms with Crippen molar-refractivity contribution in [3.05, 3.63) is 36.3 Å². The Kier molecular flexibility index (Phi) is 3.07. The molecule has 1 saturated carbocycles. The fourth-order valence-corrected chi connectivity index (χ4v) is 2.51. The molecule has 19 heavy (non-hydrogen) atoms. The topological polar surface area (TPSA) is 59.9 Å². The van der Waals surface area contributed by atoms with E-state index in [1.807, 2.05) is 24.3 Å². The van der Waals surface area contributed by atoms with Crippen LogP contribution in [0.2, 0.25) is 0 Å². The first-order valence-electron chi connectivity index (χ1n) is 6.54. The number of Topliss-reactive ketones (excluding diaryl/α,β-unsaturated/α-hetero) is 2. The standard InChI is InChI=1S/C15H14N2O2/c18-13-8-4-2-6-11(13)14(19)15-16-9-10-5-1-3-7-12(10)17-15/h1,3,5,7,9,11H,2,4,6,8H2. The highest BCUT2D eigenvalue weighted by molar-refractivity contribution is 6.09. The van der Waals surface area contributed by atoms with E-state index >= 15 is 0 Å². The summed E-state index contributed by atoms with van der Waals surface area (Å²) in [5.74, 6) is -0.558. The summed E-state index contributed by atoms with van der Waals surface area (Å²) in [5.41, 5.74) is 0.740. The number of carbonyl (C=O) groups excluding carboxylic acids is 2. The van der Waals surface area contributed by atoms with Crippen molar-refractivity contribution in [3.8, 4) is 0 Å². The van der Waals surface area contributed by atoms with Crippen molar-refractivity contribution in [1.82, 2.24) is 9.97 Å². The third-order valence-corrected chi connectivity index (χ3v) is 3.58. The van der Waals surface area contributed by atoms with Crippen LogP contribution < -0.4 is 0 Å². The van der Waals surface area contributed by atoms with E-state index in [-0.39, 0.29) is 17.4 Å². The molecule has 1 aromatic heterocycles. The highest BCUT2D eigenvalue weighted by atomic mass is 16.2. The van der Waals surface area contributed by atoms with Crippen LogP contribution in [0.25, 0.3) is 10.9 Å². The van der Waals surface area contributed by atoms with Crippen molar-refractivity contribution in [1.29, 1.82) is 0 Å². The van der Waals surface area contributed by atoms with E-state index < -0.39 is 5.92 Å². The van der Waals surface area contributed by atoms with Crippen LogP contribution in [0.1, 0.15) is 36.3 Å². The van der Waals surface area contributed by atoms with E-state index in [1.54, 1.807) is 6.20 Å². The minimum absolute atomic E-state index is 0.0352. The summed E-state index contributed by atoms with van der Waals surface area (Å²) in [6, 6.07) is 7.51. The first kappa shape index (κ1) is 12.0. The van der Waals surface area contributed by atoms with Crippen molar-refractivity contribution < 1.29 is 9.59 Å². The second kappa shape index (κ2) is 4.88. The molecule has 0 saturated heterocycles. The quantitative estimate of drug-likeness (QED) is 0.610. The molecule has 4 nitrogen and oxygen atoms in total. The van der Waals surface area contributed by atoms with Gasteiger partial charge in [-0.05, 0) is 18.9 Å². The monoisotopic (exact) mass is 254 g/mol. The van der Waals surface area contributed by atoms with E-state index in [9.17, 15) is 9.59 Å². The Morgan fingerprint density at radius 1 is 1.21 bits per heavy atom. The molecule has 1 aromatic carbocycles. The number of para-hydroxylation sites is 1. The summed E-state index contributed by atoms with van der Waals surface area (Å²) >= 11 is 0. The summed E-state index contributed by atoms with van der Waals surface area (Å²) < 4.78 is 0. The molecule has 2 aromatic rings. The largest absolute Gasteiger partial charge is 0.299 e. The number of aromatic nitrogens is 2. The summed E-state index contributed by atoms with van der Waals surface area (Å²) in [6.45, 7) is 0. The summed E-state index contributed by atoms with van der Waals surface area (Å²) in [6.07, 6.45) is 4.59. The van der Waals surface area contributed by atoms with Gasteiger partial charge in [-0.15, -0.1) is 0 Å². The molecule has 1 fully saturated rings. The van der Waals surface area contributed by atoms with Gasteiger partial charge >= 0.3 is 0 Å². The predicted molar refractivity (Wildman–Crippen MR) is 70.8 cm³/mol. The molecule has 0 bridgehead atoms. The van der Waals surface area contributed by atoms with Gasteiger partial charge in [0.05, 0.1) is 11.4 Å². The highest BCUT2D eigenvalue weighted by Gasteiger charge is 2.31. The van der Waals surface area contributed by atoms with Crippen molar-refractivity contribution in [3.63, 3.8) is 0 Å². The van der Waals surface area contributed by atoms with Crippen LogP contribution in [0, 0.1) is 5.92 Å². The lowest BCUT2D eigenvalue weighted by atomic mass is 9.85. The Morgan fingerprint density at radius 3 is 2.89 bits per heavy atom. The molecular formula is C15H14N2O2. The predicted octanol–water partition coefficient (Wildman–Crippen LogP) is 2.57. The molecule has 0 amide bonds.